The van der Waals surface area contributed by atoms with E-state index in [0.717, 1.165) is 37.5 Å². The first-order valence-corrected chi connectivity index (χ1v) is 21.1. The number of benzene rings is 2. The molecule has 2 aromatic carbocycles. The van der Waals surface area contributed by atoms with Crippen LogP contribution < -0.4 is 5.32 Å². The van der Waals surface area contributed by atoms with Gasteiger partial charge in [-0.1, -0.05) is 145 Å². The summed E-state index contributed by atoms with van der Waals surface area (Å²) in [5.74, 6) is 1.70. The predicted molar refractivity (Wildman–Crippen MR) is 238 cm³/mol. The maximum atomic E-state index is 12.2. The van der Waals surface area contributed by atoms with Gasteiger partial charge < -0.3 is 15.2 Å². The van der Waals surface area contributed by atoms with Gasteiger partial charge in [-0.25, -0.2) is 0 Å². The lowest BCUT2D eigenvalue weighted by Crippen LogP contribution is -2.35. The molecule has 0 saturated heterocycles. The largest absolute Gasteiger partial charge is 0.508 e. The van der Waals surface area contributed by atoms with Crippen LogP contribution in [0.15, 0.2) is 47.5 Å². The van der Waals surface area contributed by atoms with Gasteiger partial charge in [-0.3, -0.25) is 19.4 Å². The fourth-order valence-corrected chi connectivity index (χ4v) is 5.93. The Morgan fingerprint density at radius 1 is 0.982 bits per heavy atom. The summed E-state index contributed by atoms with van der Waals surface area (Å²) in [5, 5.41) is 13.1. The van der Waals surface area contributed by atoms with Crippen LogP contribution in [0.5, 0.6) is 5.75 Å². The number of nitrogens with zero attached hydrogens (tertiary/aromatic N) is 1. The van der Waals surface area contributed by atoms with Gasteiger partial charge in [0.2, 0.25) is 0 Å². The van der Waals surface area contributed by atoms with Crippen molar-refractivity contribution in [2.24, 2.45) is 28.2 Å². The lowest BCUT2D eigenvalue weighted by atomic mass is 9.68. The molecule has 2 N–H and O–H groups in total. The lowest BCUT2D eigenvalue weighted by molar-refractivity contribution is -0.144. The van der Waals surface area contributed by atoms with E-state index in [1.807, 2.05) is 46.8 Å². The number of hydrogen-bond donors (Lipinski definition) is 2. The lowest BCUT2D eigenvalue weighted by Gasteiger charge is -2.40. The van der Waals surface area contributed by atoms with Crippen LogP contribution in [0.2, 0.25) is 5.02 Å². The third kappa shape index (κ3) is 23.6. The van der Waals surface area contributed by atoms with Crippen molar-refractivity contribution >= 4 is 35.4 Å². The first kappa shape index (κ1) is 56.3. The predicted octanol–water partition coefficient (Wildman–Crippen LogP) is 12.9. The second-order valence-corrected chi connectivity index (χ2v) is 15.7. The molecule has 3 atom stereocenters. The van der Waals surface area contributed by atoms with Gasteiger partial charge in [-0.2, -0.15) is 0 Å². The average molecular weight is 790 g/mol. The summed E-state index contributed by atoms with van der Waals surface area (Å²) in [4.78, 5) is 38.1. The smallest absolute Gasteiger partial charge is 0.309 e. The van der Waals surface area contributed by atoms with Gasteiger partial charge in [0.25, 0.3) is 0 Å². The topological polar surface area (TPSA) is 105 Å². The number of carbonyl (C=O) groups excluding carboxylic acids is 3. The molecule has 3 unspecified atom stereocenters. The molecule has 7 nitrogen and oxygen atoms in total. The summed E-state index contributed by atoms with van der Waals surface area (Å²) in [7, 11) is 3.20. The minimum atomic E-state index is -0.235. The number of ether oxygens (including phenoxy) is 1. The molecular formula is C47H81ClN2O5. The van der Waals surface area contributed by atoms with E-state index >= 15 is 0 Å². The molecule has 3 rings (SSSR count). The third-order valence-corrected chi connectivity index (χ3v) is 10.1. The standard InChI is InChI=1S/C20H28ClNO2.C13H18O.C6H13NO2.C4H10.2C2H6/c1-13(23)18(14-10-16(21)12-17(24)11-14)22-20(5)8-6-15(7-9-20)19(2,3)4;1-4-10(2)11(3)13-7-5-12(9-14)6-8-13;1-5(4-7-2)6(8)9-3;1-3-4-2;2*1-2/h10-12,15,24H,6-9H2,1-5H3;5-11H,4H2,1-3H3;5,7H,4H2,1-3H3;3-4H2,1-2H3;2*1-2H3. The molecule has 0 spiro atoms. The molecule has 316 valence electrons. The van der Waals surface area contributed by atoms with Crippen LogP contribution in [0.25, 0.3) is 0 Å². The Bertz CT molecular complexity index is 1320. The minimum Gasteiger partial charge on any atom is -0.508 e. The molecule has 0 aliphatic heterocycles. The van der Waals surface area contributed by atoms with E-state index in [0.29, 0.717) is 46.0 Å². The normalized spacial score (nSPS) is 17.8. The Balaban J connectivity index is -0.000000738. The van der Waals surface area contributed by atoms with Crippen LogP contribution in [-0.2, 0) is 14.3 Å². The van der Waals surface area contributed by atoms with Crippen molar-refractivity contribution in [3.63, 3.8) is 0 Å². The summed E-state index contributed by atoms with van der Waals surface area (Å²) in [6.45, 7) is 32.1. The number of nitrogens with one attached hydrogen (secondary N) is 1. The first-order chi connectivity index (χ1) is 25.8. The Morgan fingerprint density at radius 2 is 1.49 bits per heavy atom. The molecule has 8 heteroatoms. The SMILES string of the molecule is CC.CC.CC(=O)C(=NC1(C)CCC(C(C)(C)C)CC1)c1cc(O)cc(Cl)c1.CCC(C)C(C)c1ccc(C=O)cc1.CCCC.CNCC(C)C(=O)OC. The van der Waals surface area contributed by atoms with Gasteiger partial charge in [-0.15, -0.1) is 0 Å². The molecule has 55 heavy (non-hydrogen) atoms. The summed E-state index contributed by atoms with van der Waals surface area (Å²) in [6, 6.07) is 12.6. The van der Waals surface area contributed by atoms with Crippen LogP contribution >= 0.6 is 11.6 Å². The molecule has 2 aromatic rings. The maximum absolute atomic E-state index is 12.2. The van der Waals surface area contributed by atoms with Crippen LogP contribution in [0.3, 0.4) is 0 Å². The summed E-state index contributed by atoms with van der Waals surface area (Å²) < 4.78 is 4.49. The molecule has 0 heterocycles. The van der Waals surface area contributed by atoms with Crippen molar-refractivity contribution in [2.75, 3.05) is 20.7 Å². The van der Waals surface area contributed by atoms with Crippen molar-refractivity contribution in [1.29, 1.82) is 0 Å². The Morgan fingerprint density at radius 3 is 1.85 bits per heavy atom. The highest BCUT2D eigenvalue weighted by molar-refractivity contribution is 6.46. The number of aliphatic imine (C=N–C) groups is 1. The van der Waals surface area contributed by atoms with Gasteiger partial charge in [0.05, 0.1) is 18.6 Å². The molecular weight excluding hydrogens is 708 g/mol. The van der Waals surface area contributed by atoms with Crippen LogP contribution in [0, 0.1) is 23.2 Å². The number of ketones is 1. The number of halogens is 1. The molecule has 0 bridgehead atoms. The van der Waals surface area contributed by atoms with E-state index in [9.17, 15) is 19.5 Å². The van der Waals surface area contributed by atoms with E-state index in [-0.39, 0.29) is 29.0 Å². The van der Waals surface area contributed by atoms with Gasteiger partial charge in [0.1, 0.15) is 17.7 Å². The Kier molecular flexibility index (Phi) is 31.8. The van der Waals surface area contributed by atoms with Crippen molar-refractivity contribution in [1.82, 2.24) is 5.32 Å². The number of esters is 1. The van der Waals surface area contributed by atoms with Crippen LogP contribution in [-0.4, -0.2) is 55.1 Å². The first-order valence-electron chi connectivity index (χ1n) is 20.7. The van der Waals surface area contributed by atoms with Gasteiger partial charge >= 0.3 is 5.97 Å². The minimum absolute atomic E-state index is 0.0417. The molecule has 0 radical (unpaired) electrons. The molecule has 1 aliphatic rings. The molecule has 1 aliphatic carbocycles. The molecule has 0 aromatic heterocycles. The quantitative estimate of drug-likeness (QED) is 0.133. The number of unbranched alkanes of at least 4 members (excludes halogenated alkanes) is 1. The number of aromatic hydroxyl groups is 1. The van der Waals surface area contributed by atoms with E-state index in [4.69, 9.17) is 16.6 Å². The highest BCUT2D eigenvalue weighted by Crippen LogP contribution is 2.43. The number of aldehydes is 1. The number of Topliss-reactive ketones (excluding diaryl/α,β-unsaturated/α-hetero) is 1. The Labute approximate surface area is 342 Å². The zero-order valence-corrected chi connectivity index (χ0v) is 38.7. The summed E-state index contributed by atoms with van der Waals surface area (Å²) in [6.07, 6.45) is 8.90. The zero-order chi connectivity index (χ0) is 43.4. The Hall–Kier alpha value is -3.03. The fraction of sp³-hybridized carbons (Fsp3) is 0.660. The van der Waals surface area contributed by atoms with Crippen LogP contribution in [0.1, 0.15) is 176 Å². The van der Waals surface area contributed by atoms with Gasteiger partial charge in [0.15, 0.2) is 5.78 Å². The number of carbonyl (C=O) groups is 3. The third-order valence-electron chi connectivity index (χ3n) is 9.87. The van der Waals surface area contributed by atoms with E-state index < -0.39 is 0 Å². The van der Waals surface area contributed by atoms with Crippen LogP contribution in [0.4, 0.5) is 0 Å². The number of methoxy groups -OCH3 is 1. The zero-order valence-electron chi connectivity index (χ0n) is 38.0. The molecule has 1 saturated carbocycles. The van der Waals surface area contributed by atoms with E-state index in [1.54, 1.807) is 19.2 Å². The maximum Gasteiger partial charge on any atom is 0.309 e. The molecule has 1 fully saturated rings. The summed E-state index contributed by atoms with van der Waals surface area (Å²) in [5.41, 5.74) is 3.15. The van der Waals surface area contributed by atoms with Gasteiger partial charge in [-0.05, 0) is 86.6 Å². The average Bonchev–Trinajstić information content (AvgIpc) is 3.17. The number of hydrogen-bond acceptors (Lipinski definition) is 7. The van der Waals surface area contributed by atoms with Crippen molar-refractivity contribution in [3.05, 3.63) is 64.2 Å². The number of phenolic OH excluding ortho intramolecular Hbond substituents is 1. The summed E-state index contributed by atoms with van der Waals surface area (Å²) >= 11 is 6.02. The van der Waals surface area contributed by atoms with Gasteiger partial charge in [0, 0.05) is 29.6 Å². The highest BCUT2D eigenvalue weighted by Gasteiger charge is 2.36. The van der Waals surface area contributed by atoms with Crippen molar-refractivity contribution < 1.29 is 24.2 Å². The number of rotatable bonds is 11. The van der Waals surface area contributed by atoms with Crippen molar-refractivity contribution in [3.8, 4) is 5.75 Å². The fourth-order valence-electron chi connectivity index (χ4n) is 5.70. The molecule has 0 amide bonds. The second-order valence-electron chi connectivity index (χ2n) is 15.3. The van der Waals surface area contributed by atoms with E-state index in [2.05, 4.69) is 84.5 Å². The monoisotopic (exact) mass is 789 g/mol. The number of phenols is 1. The highest BCUT2D eigenvalue weighted by atomic mass is 35.5. The second kappa shape index (κ2) is 31.1. The van der Waals surface area contributed by atoms with Crippen molar-refractivity contribution in [2.45, 2.75) is 160 Å². The van der Waals surface area contributed by atoms with E-state index in [1.165, 1.54) is 44.9 Å².